The van der Waals surface area contributed by atoms with Crippen molar-refractivity contribution in [1.82, 2.24) is 4.98 Å². The minimum absolute atomic E-state index is 0.0692. The Kier molecular flexibility index (Phi) is 6.49. The van der Waals surface area contributed by atoms with Crippen molar-refractivity contribution < 1.29 is 19.3 Å². The number of hydrogen-bond donors (Lipinski definition) is 1. The summed E-state index contributed by atoms with van der Waals surface area (Å²) in [5.41, 5.74) is 1.45. The van der Waals surface area contributed by atoms with Gasteiger partial charge in [-0.15, -0.1) is 0 Å². The van der Waals surface area contributed by atoms with Crippen LogP contribution in [0.2, 0.25) is 0 Å². The first-order valence-corrected chi connectivity index (χ1v) is 9.35. The summed E-state index contributed by atoms with van der Waals surface area (Å²) in [4.78, 5) is 8.67. The minimum Gasteiger partial charge on any atom is -0.503 e. The monoisotopic (exact) mass is 442 g/mol. The highest BCUT2D eigenvalue weighted by Gasteiger charge is 2.08. The number of nitrogens with zero attached hydrogens (tertiary/aromatic N) is 2. The molecule has 3 rings (SSSR count). The molecule has 0 aliphatic carbocycles. The Morgan fingerprint density at radius 1 is 1.14 bits per heavy atom. The number of benzene rings is 2. The van der Waals surface area contributed by atoms with E-state index in [1.807, 2.05) is 25.1 Å². The van der Waals surface area contributed by atoms with Crippen molar-refractivity contribution >= 4 is 27.8 Å². The third kappa shape index (κ3) is 5.01. The van der Waals surface area contributed by atoms with E-state index in [0.717, 1.165) is 5.56 Å². The molecule has 0 radical (unpaired) electrons. The van der Waals surface area contributed by atoms with Crippen LogP contribution < -0.4 is 14.2 Å². The number of phenolic OH excluding ortho intramolecular Hbond substituents is 1. The maximum absolute atomic E-state index is 9.97. The first-order chi connectivity index (χ1) is 13.6. The summed E-state index contributed by atoms with van der Waals surface area (Å²) < 4.78 is 16.9. The fourth-order valence-electron chi connectivity index (χ4n) is 2.38. The molecule has 28 heavy (non-hydrogen) atoms. The summed E-state index contributed by atoms with van der Waals surface area (Å²) >= 11 is 3.31. The molecule has 7 heteroatoms. The van der Waals surface area contributed by atoms with Crippen LogP contribution in [0.25, 0.3) is 0 Å². The van der Waals surface area contributed by atoms with Gasteiger partial charge in [0.15, 0.2) is 11.5 Å². The molecular formula is C21H19BrN2O4. The van der Waals surface area contributed by atoms with E-state index < -0.39 is 0 Å². The molecular weight excluding hydrogens is 424 g/mol. The molecule has 0 saturated heterocycles. The van der Waals surface area contributed by atoms with E-state index in [1.165, 1.54) is 0 Å². The van der Waals surface area contributed by atoms with E-state index in [2.05, 4.69) is 25.9 Å². The number of ether oxygens (including phenoxy) is 3. The minimum atomic E-state index is 0.0692. The van der Waals surface area contributed by atoms with E-state index >= 15 is 0 Å². The van der Waals surface area contributed by atoms with Crippen LogP contribution in [0.4, 0.5) is 5.69 Å². The third-order valence-corrected chi connectivity index (χ3v) is 4.30. The van der Waals surface area contributed by atoms with Crippen LogP contribution in [0.3, 0.4) is 0 Å². The van der Waals surface area contributed by atoms with Gasteiger partial charge >= 0.3 is 0 Å². The Bertz CT molecular complexity index is 975. The lowest BCUT2D eigenvalue weighted by molar-refractivity contribution is 0.317. The van der Waals surface area contributed by atoms with Gasteiger partial charge in [-0.1, -0.05) is 6.07 Å². The maximum Gasteiger partial charge on any atom is 0.219 e. The maximum atomic E-state index is 9.97. The van der Waals surface area contributed by atoms with Crippen molar-refractivity contribution in [2.45, 2.75) is 6.92 Å². The van der Waals surface area contributed by atoms with Gasteiger partial charge < -0.3 is 19.3 Å². The second-order valence-electron chi connectivity index (χ2n) is 5.68. The largest absolute Gasteiger partial charge is 0.503 e. The Morgan fingerprint density at radius 3 is 2.68 bits per heavy atom. The number of rotatable bonds is 7. The molecule has 0 saturated carbocycles. The van der Waals surface area contributed by atoms with Gasteiger partial charge in [0.1, 0.15) is 11.5 Å². The first-order valence-electron chi connectivity index (χ1n) is 8.56. The number of pyridine rings is 1. The summed E-state index contributed by atoms with van der Waals surface area (Å²) in [5.74, 6) is 2.28. The highest BCUT2D eigenvalue weighted by atomic mass is 79.9. The van der Waals surface area contributed by atoms with Gasteiger partial charge in [0.2, 0.25) is 5.88 Å². The van der Waals surface area contributed by atoms with Crippen molar-refractivity contribution in [2.24, 2.45) is 4.99 Å². The van der Waals surface area contributed by atoms with Crippen LogP contribution in [0, 0.1) is 0 Å². The number of aromatic nitrogens is 1. The summed E-state index contributed by atoms with van der Waals surface area (Å²) in [6.07, 6.45) is 3.29. The Labute approximate surface area is 171 Å². The average Bonchev–Trinajstić information content (AvgIpc) is 2.71. The van der Waals surface area contributed by atoms with Gasteiger partial charge in [-0.3, -0.25) is 4.99 Å². The molecule has 6 nitrogen and oxygen atoms in total. The molecule has 0 fully saturated rings. The van der Waals surface area contributed by atoms with Crippen LogP contribution >= 0.6 is 15.9 Å². The highest BCUT2D eigenvalue weighted by Crippen LogP contribution is 2.35. The van der Waals surface area contributed by atoms with E-state index in [0.29, 0.717) is 39.9 Å². The van der Waals surface area contributed by atoms with Crippen LogP contribution in [0.5, 0.6) is 28.9 Å². The van der Waals surface area contributed by atoms with Crippen molar-refractivity contribution in [3.05, 3.63) is 64.8 Å². The molecule has 0 aliphatic rings. The molecule has 1 aromatic heterocycles. The molecule has 0 unspecified atom stereocenters. The zero-order valence-electron chi connectivity index (χ0n) is 15.4. The van der Waals surface area contributed by atoms with Crippen molar-refractivity contribution in [2.75, 3.05) is 13.7 Å². The van der Waals surface area contributed by atoms with Crippen LogP contribution in [0.15, 0.2) is 64.2 Å². The third-order valence-electron chi connectivity index (χ3n) is 3.70. The zero-order valence-corrected chi connectivity index (χ0v) is 17.0. The molecule has 2 aromatic carbocycles. The number of aromatic hydroxyl groups is 1. The molecule has 1 heterocycles. The van der Waals surface area contributed by atoms with Gasteiger partial charge in [0, 0.05) is 18.3 Å². The van der Waals surface area contributed by atoms with Gasteiger partial charge in [0.25, 0.3) is 0 Å². The van der Waals surface area contributed by atoms with E-state index in [1.54, 1.807) is 49.9 Å². The summed E-state index contributed by atoms with van der Waals surface area (Å²) in [7, 11) is 1.61. The summed E-state index contributed by atoms with van der Waals surface area (Å²) in [6.45, 7) is 2.31. The van der Waals surface area contributed by atoms with E-state index in [4.69, 9.17) is 14.2 Å². The Hall–Kier alpha value is -3.06. The predicted molar refractivity (Wildman–Crippen MR) is 112 cm³/mol. The summed E-state index contributed by atoms with van der Waals surface area (Å²) in [5, 5.41) is 9.97. The molecule has 0 aliphatic heterocycles. The fourth-order valence-corrected chi connectivity index (χ4v) is 2.84. The molecule has 1 N–H and O–H groups in total. The molecule has 144 valence electrons. The fraction of sp³-hybridized carbons (Fsp3) is 0.143. The Balaban J connectivity index is 1.72. The predicted octanol–water partition coefficient (Wildman–Crippen LogP) is 5.50. The highest BCUT2D eigenvalue weighted by molar-refractivity contribution is 9.10. The lowest BCUT2D eigenvalue weighted by Crippen LogP contribution is -1.94. The van der Waals surface area contributed by atoms with Crippen LogP contribution in [-0.2, 0) is 0 Å². The molecule has 0 spiro atoms. The van der Waals surface area contributed by atoms with Gasteiger partial charge in [-0.05, 0) is 58.7 Å². The van der Waals surface area contributed by atoms with Crippen LogP contribution in [-0.4, -0.2) is 30.0 Å². The van der Waals surface area contributed by atoms with E-state index in [9.17, 15) is 5.11 Å². The van der Waals surface area contributed by atoms with Crippen molar-refractivity contribution in [3.63, 3.8) is 0 Å². The lowest BCUT2D eigenvalue weighted by Gasteiger charge is -2.08. The standard InChI is InChI=1S/C21H19BrN2O4/c1-3-27-19-10-14(9-18(22)21(19)25)12-23-15-7-8-20(24-13-15)28-17-6-4-5-16(11-17)26-2/h4-13,25H,3H2,1-2H3. The SMILES string of the molecule is CCOc1cc(C=Nc2ccc(Oc3cccc(OC)c3)nc2)cc(Br)c1O. The van der Waals surface area contributed by atoms with Gasteiger partial charge in [-0.2, -0.15) is 0 Å². The number of phenols is 1. The smallest absolute Gasteiger partial charge is 0.219 e. The second kappa shape index (κ2) is 9.23. The number of aliphatic imine (C=N–C) groups is 1. The first kappa shape index (κ1) is 19.7. The van der Waals surface area contributed by atoms with Crippen molar-refractivity contribution in [1.29, 1.82) is 0 Å². The summed E-state index contributed by atoms with van der Waals surface area (Å²) in [6, 6.07) is 14.3. The number of methoxy groups -OCH3 is 1. The zero-order chi connectivity index (χ0) is 19.9. The number of hydrogen-bond acceptors (Lipinski definition) is 6. The average molecular weight is 443 g/mol. The molecule has 0 amide bonds. The number of halogens is 1. The van der Waals surface area contributed by atoms with Crippen LogP contribution in [0.1, 0.15) is 12.5 Å². The lowest BCUT2D eigenvalue weighted by atomic mass is 10.2. The quantitative estimate of drug-likeness (QED) is 0.489. The van der Waals surface area contributed by atoms with E-state index in [-0.39, 0.29) is 5.75 Å². The Morgan fingerprint density at radius 2 is 1.96 bits per heavy atom. The molecule has 0 bridgehead atoms. The topological polar surface area (TPSA) is 73.2 Å². The van der Waals surface area contributed by atoms with Gasteiger partial charge in [0.05, 0.1) is 30.1 Å². The molecule has 0 atom stereocenters. The van der Waals surface area contributed by atoms with Gasteiger partial charge in [-0.25, -0.2) is 4.98 Å². The van der Waals surface area contributed by atoms with Crippen molar-refractivity contribution in [3.8, 4) is 28.9 Å². The normalized spacial score (nSPS) is 10.8. The second-order valence-corrected chi connectivity index (χ2v) is 6.53. The molecule has 3 aromatic rings.